The van der Waals surface area contributed by atoms with Gasteiger partial charge in [-0.3, -0.25) is 0 Å². The third kappa shape index (κ3) is 8.20. The van der Waals surface area contributed by atoms with Crippen LogP contribution in [-0.4, -0.2) is 23.9 Å². The number of hydrogen-bond acceptors (Lipinski definition) is 8. The van der Waals surface area contributed by atoms with Crippen molar-refractivity contribution in [2.24, 2.45) is 0 Å². The summed E-state index contributed by atoms with van der Waals surface area (Å²) in [5.74, 6) is -6.74. The van der Waals surface area contributed by atoms with E-state index in [1.165, 1.54) is 0 Å². The molecule has 0 amide bonds. The average Bonchev–Trinajstić information content (AvgIpc) is 3.03. The predicted octanol–water partition coefficient (Wildman–Crippen LogP) is 10.1. The van der Waals surface area contributed by atoms with Crippen molar-refractivity contribution in [2.45, 2.75) is 40.9 Å². The Morgan fingerprint density at radius 2 is 0.896 bits per heavy atom. The number of ether oxygens (including phenoxy) is 4. The van der Waals surface area contributed by atoms with Crippen molar-refractivity contribution in [2.75, 3.05) is 0 Å². The number of hydrogen-bond donors (Lipinski definition) is 0. The maximum absolute atomic E-state index is 13.2. The Kier molecular flexibility index (Phi) is 12.3. The zero-order valence-electron chi connectivity index (χ0n) is 25.6. The lowest BCUT2D eigenvalue weighted by molar-refractivity contribution is -0.156. The second-order valence-electron chi connectivity index (χ2n) is 10.4. The zero-order valence-corrected chi connectivity index (χ0v) is 30.1. The Labute approximate surface area is 305 Å². The number of carbonyl (C=O) groups is 4. The van der Waals surface area contributed by atoms with Gasteiger partial charge in [0, 0.05) is 0 Å². The summed E-state index contributed by atoms with van der Waals surface area (Å²) >= 11 is 37.4. The van der Waals surface area contributed by atoms with Crippen LogP contribution >= 0.6 is 69.6 Å². The molecule has 0 aliphatic carbocycles. The van der Waals surface area contributed by atoms with Crippen LogP contribution in [0.4, 0.5) is 0 Å². The highest BCUT2D eigenvalue weighted by atomic mass is 35.5. The van der Waals surface area contributed by atoms with Gasteiger partial charge in [0.25, 0.3) is 0 Å². The van der Waals surface area contributed by atoms with Crippen LogP contribution in [0.15, 0.2) is 48.5 Å². The first kappa shape index (κ1) is 37.3. The molecule has 0 aliphatic rings. The first-order chi connectivity index (χ1) is 22.6. The molecule has 14 heteroatoms. The van der Waals surface area contributed by atoms with Gasteiger partial charge in [-0.15, -0.1) is 0 Å². The molecule has 0 spiro atoms. The topological polar surface area (TPSA) is 105 Å². The summed E-state index contributed by atoms with van der Waals surface area (Å²) in [6.07, 6.45) is 0. The van der Waals surface area contributed by atoms with Crippen molar-refractivity contribution in [1.29, 1.82) is 0 Å². The van der Waals surface area contributed by atoms with Gasteiger partial charge >= 0.3 is 23.9 Å². The largest absolute Gasteiger partial charge is 0.457 e. The molecule has 0 N–H and O–H groups in total. The quantitative estimate of drug-likeness (QED) is 0.0755. The standard InChI is InChI=1S/C34H24Cl6O8/c1-15-7-5-9-19(17(15)3)13-45-31(41)25-27(39)21(35)11-23(37)29(25)47-33(43)34(44)48-30-24(38)12-22(36)28(40)26(30)32(42)46-14-20-10-6-8-16(2)18(20)4/h5-12H,13-14H2,1-4H3. The molecule has 0 aromatic heterocycles. The lowest BCUT2D eigenvalue weighted by Gasteiger charge is -2.16. The molecular weight excluding hydrogens is 749 g/mol. The van der Waals surface area contributed by atoms with Gasteiger partial charge in [0.05, 0.1) is 30.1 Å². The first-order valence-electron chi connectivity index (χ1n) is 13.9. The molecule has 8 nitrogen and oxygen atoms in total. The zero-order chi connectivity index (χ0) is 35.4. The van der Waals surface area contributed by atoms with E-state index >= 15 is 0 Å². The fourth-order valence-electron chi connectivity index (χ4n) is 4.36. The fourth-order valence-corrected chi connectivity index (χ4v) is 5.80. The van der Waals surface area contributed by atoms with E-state index < -0.39 is 46.5 Å². The number of rotatable bonds is 8. The van der Waals surface area contributed by atoms with Gasteiger partial charge in [-0.25, -0.2) is 19.2 Å². The van der Waals surface area contributed by atoms with Crippen molar-refractivity contribution in [1.82, 2.24) is 0 Å². The predicted molar refractivity (Wildman–Crippen MR) is 184 cm³/mol. The second-order valence-corrected chi connectivity index (χ2v) is 12.8. The molecule has 48 heavy (non-hydrogen) atoms. The minimum Gasteiger partial charge on any atom is -0.457 e. The van der Waals surface area contributed by atoms with Gasteiger partial charge in [0.1, 0.15) is 24.3 Å². The van der Waals surface area contributed by atoms with E-state index in [1.54, 1.807) is 24.3 Å². The van der Waals surface area contributed by atoms with Crippen LogP contribution < -0.4 is 9.47 Å². The Hall–Kier alpha value is -3.50. The third-order valence-corrected chi connectivity index (χ3v) is 9.51. The molecule has 0 atom stereocenters. The molecule has 0 saturated heterocycles. The minimum absolute atomic E-state index is 0.158. The molecule has 4 aromatic carbocycles. The molecule has 0 aliphatic heterocycles. The molecular formula is C34H24Cl6O8. The third-order valence-electron chi connectivity index (χ3n) is 7.37. The number of benzene rings is 4. The molecule has 4 aromatic rings. The lowest BCUT2D eigenvalue weighted by atomic mass is 10.0. The van der Waals surface area contributed by atoms with Crippen molar-refractivity contribution < 1.29 is 38.1 Å². The molecule has 0 unspecified atom stereocenters. The summed E-state index contributed by atoms with van der Waals surface area (Å²) in [5.41, 5.74) is 4.09. The Bertz CT molecular complexity index is 1830. The summed E-state index contributed by atoms with van der Waals surface area (Å²) < 4.78 is 21.2. The van der Waals surface area contributed by atoms with E-state index in [-0.39, 0.29) is 43.3 Å². The van der Waals surface area contributed by atoms with Crippen molar-refractivity contribution in [3.05, 3.63) is 123 Å². The molecule has 0 saturated carbocycles. The highest BCUT2D eigenvalue weighted by Crippen LogP contribution is 2.42. The van der Waals surface area contributed by atoms with Crippen LogP contribution in [0.3, 0.4) is 0 Å². The number of carbonyl (C=O) groups excluding carboxylic acids is 4. The van der Waals surface area contributed by atoms with Gasteiger partial charge in [0.15, 0.2) is 11.5 Å². The van der Waals surface area contributed by atoms with Gasteiger partial charge in [-0.2, -0.15) is 0 Å². The number of esters is 4. The van der Waals surface area contributed by atoms with Gasteiger partial charge in [-0.1, -0.05) is 106 Å². The van der Waals surface area contributed by atoms with E-state index in [0.29, 0.717) is 11.1 Å². The number of aryl methyl sites for hydroxylation is 2. The van der Waals surface area contributed by atoms with Crippen LogP contribution in [0.1, 0.15) is 54.1 Å². The van der Waals surface area contributed by atoms with E-state index in [0.717, 1.165) is 34.4 Å². The van der Waals surface area contributed by atoms with E-state index in [2.05, 4.69) is 0 Å². The monoisotopic (exact) mass is 770 g/mol. The highest BCUT2D eigenvalue weighted by Gasteiger charge is 2.32. The summed E-state index contributed by atoms with van der Waals surface area (Å²) in [6, 6.07) is 13.1. The molecule has 4 rings (SSSR count). The first-order valence-corrected chi connectivity index (χ1v) is 16.1. The number of halogens is 6. The van der Waals surface area contributed by atoms with Crippen LogP contribution in [0.2, 0.25) is 30.1 Å². The molecule has 0 radical (unpaired) electrons. The van der Waals surface area contributed by atoms with E-state index in [9.17, 15) is 19.2 Å². The summed E-state index contributed by atoms with van der Waals surface area (Å²) in [4.78, 5) is 52.5. The Balaban J connectivity index is 1.59. The minimum atomic E-state index is -1.68. The van der Waals surface area contributed by atoms with E-state index in [4.69, 9.17) is 88.6 Å². The summed E-state index contributed by atoms with van der Waals surface area (Å²) in [6.45, 7) is 7.18. The van der Waals surface area contributed by atoms with Gasteiger partial charge in [-0.05, 0) is 73.2 Å². The maximum atomic E-state index is 13.2. The van der Waals surface area contributed by atoms with Crippen LogP contribution in [-0.2, 0) is 32.3 Å². The Morgan fingerprint density at radius 3 is 1.25 bits per heavy atom. The fraction of sp³-hybridized carbons (Fsp3) is 0.176. The highest BCUT2D eigenvalue weighted by molar-refractivity contribution is 6.47. The Morgan fingerprint density at radius 1 is 0.542 bits per heavy atom. The molecule has 0 heterocycles. The maximum Gasteiger partial charge on any atom is 0.423 e. The van der Waals surface area contributed by atoms with Crippen LogP contribution in [0.5, 0.6) is 11.5 Å². The van der Waals surface area contributed by atoms with Crippen molar-refractivity contribution >= 4 is 93.5 Å². The van der Waals surface area contributed by atoms with Crippen molar-refractivity contribution in [3.8, 4) is 11.5 Å². The molecule has 0 bridgehead atoms. The smallest absolute Gasteiger partial charge is 0.423 e. The van der Waals surface area contributed by atoms with Crippen LogP contribution in [0.25, 0.3) is 0 Å². The molecule has 0 fully saturated rings. The molecule has 250 valence electrons. The normalized spacial score (nSPS) is 10.8. The second kappa shape index (κ2) is 15.8. The van der Waals surface area contributed by atoms with Crippen molar-refractivity contribution in [3.63, 3.8) is 0 Å². The van der Waals surface area contributed by atoms with E-state index in [1.807, 2.05) is 39.8 Å². The SMILES string of the molecule is Cc1cccc(COC(=O)c2c(Cl)c(Cl)cc(Cl)c2OC(=O)C(=O)Oc2c(Cl)cc(Cl)c(Cl)c2C(=O)OCc2cccc(C)c2C)c1C. The van der Waals surface area contributed by atoms with Gasteiger partial charge in [0.2, 0.25) is 0 Å². The average molecular weight is 773 g/mol. The summed E-state index contributed by atoms with van der Waals surface area (Å²) in [7, 11) is 0. The van der Waals surface area contributed by atoms with Gasteiger partial charge < -0.3 is 18.9 Å². The lowest BCUT2D eigenvalue weighted by Crippen LogP contribution is -2.27. The summed E-state index contributed by atoms with van der Waals surface area (Å²) in [5, 5.41) is -1.74. The van der Waals surface area contributed by atoms with Crippen LogP contribution in [0, 0.1) is 27.7 Å².